The van der Waals surface area contributed by atoms with Crippen molar-refractivity contribution in [2.24, 2.45) is 0 Å². The molecule has 3 rings (SSSR count). The summed E-state index contributed by atoms with van der Waals surface area (Å²) in [6, 6.07) is 6.51. The lowest BCUT2D eigenvalue weighted by atomic mass is 9.89. The van der Waals surface area contributed by atoms with Crippen LogP contribution in [0.3, 0.4) is 0 Å². The lowest BCUT2D eigenvalue weighted by molar-refractivity contribution is -0.0745. The second kappa shape index (κ2) is 4.90. The van der Waals surface area contributed by atoms with Crippen molar-refractivity contribution in [3.63, 3.8) is 0 Å². The summed E-state index contributed by atoms with van der Waals surface area (Å²) in [5.41, 5.74) is 1.97. The van der Waals surface area contributed by atoms with Crippen molar-refractivity contribution in [1.82, 2.24) is 10.2 Å². The van der Waals surface area contributed by atoms with Gasteiger partial charge in [-0.15, -0.1) is 0 Å². The number of hydrogen-bond donors (Lipinski definition) is 1. The molecule has 1 N–H and O–H groups in total. The monoisotopic (exact) mass is 292 g/mol. The van der Waals surface area contributed by atoms with E-state index in [1.165, 1.54) is 11.1 Å². The van der Waals surface area contributed by atoms with Gasteiger partial charge < -0.3 is 19.7 Å². The Morgan fingerprint density at radius 2 is 2.35 bits per heavy atom. The Kier molecular flexibility index (Phi) is 3.34. The molecule has 2 heterocycles. The van der Waals surface area contributed by atoms with Crippen molar-refractivity contribution in [3.05, 3.63) is 29.3 Å². The highest BCUT2D eigenvalue weighted by Crippen LogP contribution is 2.45. The van der Waals surface area contributed by atoms with E-state index in [1.54, 1.807) is 7.11 Å². The zero-order chi connectivity index (χ0) is 14.3. The first kappa shape index (κ1) is 13.6. The number of fused-ring (bicyclic) bond motifs is 4. The lowest BCUT2D eigenvalue weighted by Gasteiger charge is -2.52. The second-order valence-corrected chi connectivity index (χ2v) is 6.01. The molecule has 0 aliphatic carbocycles. The van der Waals surface area contributed by atoms with E-state index in [2.05, 4.69) is 42.3 Å². The summed E-state index contributed by atoms with van der Waals surface area (Å²) in [6.45, 7) is 5.55. The Labute approximate surface area is 125 Å². The standard InChI is InChI=1S/C15H20N2O2S/c1-10-5-4-6-11-12-9-15(2,19-13(10)11)17(7-8-18-3)14(20)16-12/h4-6,12H,7-9H2,1-3H3,(H,16,20). The van der Waals surface area contributed by atoms with Crippen LogP contribution in [0.15, 0.2) is 18.2 Å². The van der Waals surface area contributed by atoms with Crippen LogP contribution in [0, 0.1) is 6.92 Å². The fourth-order valence-corrected chi connectivity index (χ4v) is 3.52. The molecule has 2 unspecified atom stereocenters. The summed E-state index contributed by atoms with van der Waals surface area (Å²) in [4.78, 5) is 2.09. The van der Waals surface area contributed by atoms with Gasteiger partial charge in [-0.25, -0.2) is 0 Å². The maximum absolute atomic E-state index is 6.34. The lowest BCUT2D eigenvalue weighted by Crippen LogP contribution is -2.65. The normalized spacial score (nSPS) is 27.6. The smallest absolute Gasteiger partial charge is 0.184 e. The van der Waals surface area contributed by atoms with E-state index < -0.39 is 5.72 Å². The predicted molar refractivity (Wildman–Crippen MR) is 81.9 cm³/mol. The van der Waals surface area contributed by atoms with E-state index in [4.69, 9.17) is 21.7 Å². The average Bonchev–Trinajstić information content (AvgIpc) is 2.39. The van der Waals surface area contributed by atoms with Crippen molar-refractivity contribution < 1.29 is 9.47 Å². The van der Waals surface area contributed by atoms with Crippen LogP contribution >= 0.6 is 12.2 Å². The van der Waals surface area contributed by atoms with Gasteiger partial charge in [0.25, 0.3) is 0 Å². The third-order valence-electron chi connectivity index (χ3n) is 4.16. The van der Waals surface area contributed by atoms with E-state index in [0.29, 0.717) is 6.61 Å². The summed E-state index contributed by atoms with van der Waals surface area (Å²) < 4.78 is 11.5. The number of hydrogen-bond acceptors (Lipinski definition) is 3. The fourth-order valence-electron chi connectivity index (χ4n) is 3.10. The van der Waals surface area contributed by atoms with Crippen LogP contribution in [0.1, 0.15) is 30.5 Å². The van der Waals surface area contributed by atoms with Crippen LogP contribution in [0.25, 0.3) is 0 Å². The molecule has 2 aliphatic heterocycles. The minimum absolute atomic E-state index is 0.231. The van der Waals surface area contributed by atoms with Gasteiger partial charge >= 0.3 is 0 Å². The van der Waals surface area contributed by atoms with Crippen molar-refractivity contribution in [1.29, 1.82) is 0 Å². The molecule has 0 saturated carbocycles. The van der Waals surface area contributed by atoms with Crippen molar-refractivity contribution in [2.75, 3.05) is 20.3 Å². The first-order valence-corrected chi connectivity index (χ1v) is 7.31. The van der Waals surface area contributed by atoms with Crippen molar-refractivity contribution >= 4 is 17.3 Å². The number of methoxy groups -OCH3 is 1. The maximum atomic E-state index is 6.34. The quantitative estimate of drug-likeness (QED) is 0.865. The Morgan fingerprint density at radius 1 is 1.55 bits per heavy atom. The Hall–Kier alpha value is -1.33. The van der Waals surface area contributed by atoms with Crippen molar-refractivity contribution in [2.45, 2.75) is 32.0 Å². The Balaban J connectivity index is 1.98. The van der Waals surface area contributed by atoms with Crippen LogP contribution in [-0.4, -0.2) is 36.0 Å². The van der Waals surface area contributed by atoms with Gasteiger partial charge in [-0.05, 0) is 31.6 Å². The molecule has 1 aromatic rings. The molecule has 108 valence electrons. The number of rotatable bonds is 3. The van der Waals surface area contributed by atoms with E-state index in [0.717, 1.165) is 23.8 Å². The molecule has 0 radical (unpaired) electrons. The highest BCUT2D eigenvalue weighted by Gasteiger charge is 2.47. The number of aryl methyl sites for hydroxylation is 1. The number of nitrogens with one attached hydrogen (secondary N) is 1. The van der Waals surface area contributed by atoms with Crippen LogP contribution in [0.5, 0.6) is 5.75 Å². The van der Waals surface area contributed by atoms with Gasteiger partial charge in [0, 0.05) is 25.6 Å². The summed E-state index contributed by atoms with van der Waals surface area (Å²) in [6.07, 6.45) is 0.882. The first-order chi connectivity index (χ1) is 9.55. The molecule has 0 amide bonds. The van der Waals surface area contributed by atoms with Gasteiger partial charge in [-0.3, -0.25) is 0 Å². The third-order valence-corrected chi connectivity index (χ3v) is 4.49. The molecule has 0 aromatic heterocycles. The maximum Gasteiger partial charge on any atom is 0.184 e. The van der Waals surface area contributed by atoms with E-state index in [9.17, 15) is 0 Å². The molecule has 2 atom stereocenters. The van der Waals surface area contributed by atoms with Crippen LogP contribution < -0.4 is 10.1 Å². The highest BCUT2D eigenvalue weighted by atomic mass is 32.1. The third kappa shape index (κ3) is 2.05. The number of para-hydroxylation sites is 1. The summed E-state index contributed by atoms with van der Waals surface area (Å²) in [5, 5.41) is 4.18. The Morgan fingerprint density at radius 3 is 3.10 bits per heavy atom. The van der Waals surface area contributed by atoms with Gasteiger partial charge in [0.15, 0.2) is 10.8 Å². The second-order valence-electron chi connectivity index (χ2n) is 5.62. The molecule has 2 aliphatic rings. The SMILES string of the molecule is COCCN1C(=S)NC2CC1(C)Oc1c(C)cccc12. The molecule has 4 nitrogen and oxygen atoms in total. The topological polar surface area (TPSA) is 33.7 Å². The molecule has 1 aromatic carbocycles. The van der Waals surface area contributed by atoms with Gasteiger partial charge in [-0.2, -0.15) is 0 Å². The highest BCUT2D eigenvalue weighted by molar-refractivity contribution is 7.80. The van der Waals surface area contributed by atoms with Crippen LogP contribution in [0.4, 0.5) is 0 Å². The fraction of sp³-hybridized carbons (Fsp3) is 0.533. The largest absolute Gasteiger partial charge is 0.467 e. The van der Waals surface area contributed by atoms with Gasteiger partial charge in [0.05, 0.1) is 12.6 Å². The predicted octanol–water partition coefficient (Wildman–Crippen LogP) is 2.37. The number of nitrogens with zero attached hydrogens (tertiary/aromatic N) is 1. The minimum Gasteiger partial charge on any atom is -0.467 e. The van der Waals surface area contributed by atoms with Gasteiger partial charge in [-0.1, -0.05) is 18.2 Å². The van der Waals surface area contributed by atoms with Gasteiger partial charge in [0.1, 0.15) is 5.75 Å². The molecule has 0 spiro atoms. The summed E-state index contributed by atoms with van der Waals surface area (Å²) >= 11 is 5.51. The molecule has 1 saturated heterocycles. The molecular formula is C15H20N2O2S. The first-order valence-electron chi connectivity index (χ1n) is 6.91. The summed E-state index contributed by atoms with van der Waals surface area (Å²) in [7, 11) is 1.70. The minimum atomic E-state index is -0.398. The van der Waals surface area contributed by atoms with E-state index >= 15 is 0 Å². The average molecular weight is 292 g/mol. The zero-order valence-electron chi connectivity index (χ0n) is 12.1. The molecule has 2 bridgehead atoms. The van der Waals surface area contributed by atoms with Crippen LogP contribution in [-0.2, 0) is 4.74 Å². The zero-order valence-corrected chi connectivity index (χ0v) is 12.9. The molecule has 5 heteroatoms. The van der Waals surface area contributed by atoms with Gasteiger partial charge in [0.2, 0.25) is 0 Å². The van der Waals surface area contributed by atoms with E-state index in [1.807, 2.05) is 0 Å². The molecular weight excluding hydrogens is 272 g/mol. The van der Waals surface area contributed by atoms with E-state index in [-0.39, 0.29) is 6.04 Å². The number of thiocarbonyl (C=S) groups is 1. The number of benzene rings is 1. The van der Waals surface area contributed by atoms with Crippen LogP contribution in [0.2, 0.25) is 0 Å². The number of ether oxygens (including phenoxy) is 2. The van der Waals surface area contributed by atoms with Crippen molar-refractivity contribution in [3.8, 4) is 5.75 Å². The molecule has 1 fully saturated rings. The Bertz CT molecular complexity index is 549. The molecule has 20 heavy (non-hydrogen) atoms. The summed E-state index contributed by atoms with van der Waals surface area (Å²) in [5.74, 6) is 0.990.